The molecule has 0 radical (unpaired) electrons. The molecule has 0 spiro atoms. The van der Waals surface area contributed by atoms with Crippen molar-refractivity contribution < 1.29 is 19.4 Å². The van der Waals surface area contributed by atoms with Crippen LogP contribution < -0.4 is 5.32 Å². The predicted octanol–water partition coefficient (Wildman–Crippen LogP) is 9.03. The lowest BCUT2D eigenvalue weighted by molar-refractivity contribution is -0.268. The number of amides is 1. The van der Waals surface area contributed by atoms with E-state index in [0.717, 1.165) is 43.2 Å². The van der Waals surface area contributed by atoms with Crippen molar-refractivity contribution in [2.24, 2.45) is 5.92 Å². The number of aliphatic hydroxyl groups is 1. The number of aliphatic hydroxyl groups excluding tert-OH is 1. The first-order valence-electron chi connectivity index (χ1n) is 14.7. The minimum Gasteiger partial charge on any atom is -0.392 e. The Balaban J connectivity index is 1.24. The van der Waals surface area contributed by atoms with Crippen LogP contribution in [0.5, 0.6) is 0 Å². The molecule has 4 aromatic carbocycles. The number of thiazole rings is 1. The molecule has 5 aromatic rings. The number of carbonyl (C=O) groups is 1. The standard InChI is InChI=1S/C35H31Cl3N2O4S2/c1-21-29(20-45-34-40-28-10-2-3-11-30(28)46-34)43-32(44-31(21)24-14-12-22(19-41)13-15-24)27-9-5-8-26(17-27)25-7-4-6-23(16-25)18-39-33(42)35(36,37)38/h2-17,21,29,31-32,41H,18-20H2,1H3,(H,39,42). The SMILES string of the molecule is CC1C(CSc2nc3ccccc3s2)OC(c2cccc(-c3cccc(CNC(=O)C(Cl)(Cl)Cl)c3)c2)OC1c1ccc(CO)cc1. The van der Waals surface area contributed by atoms with Crippen molar-refractivity contribution in [2.45, 2.75) is 46.7 Å². The topological polar surface area (TPSA) is 80.7 Å². The Hall–Kier alpha value is -2.66. The Bertz CT molecular complexity index is 1780. The lowest BCUT2D eigenvalue weighted by Gasteiger charge is -2.41. The largest absolute Gasteiger partial charge is 0.392 e. The molecule has 0 bridgehead atoms. The number of carbonyl (C=O) groups excluding carboxylic acids is 1. The number of nitrogens with zero attached hydrogens (tertiary/aromatic N) is 1. The number of hydrogen-bond donors (Lipinski definition) is 2. The van der Waals surface area contributed by atoms with Gasteiger partial charge in [0.15, 0.2) is 10.6 Å². The van der Waals surface area contributed by atoms with Crippen LogP contribution >= 0.6 is 57.9 Å². The van der Waals surface area contributed by atoms with Gasteiger partial charge < -0.3 is 19.9 Å². The van der Waals surface area contributed by atoms with E-state index in [4.69, 9.17) is 49.3 Å². The molecule has 1 aliphatic rings. The van der Waals surface area contributed by atoms with E-state index in [9.17, 15) is 9.90 Å². The first-order chi connectivity index (χ1) is 22.2. The van der Waals surface area contributed by atoms with Crippen LogP contribution in [0.1, 0.15) is 41.6 Å². The van der Waals surface area contributed by atoms with Crippen molar-refractivity contribution in [3.63, 3.8) is 0 Å². The average Bonchev–Trinajstić information content (AvgIpc) is 3.50. The van der Waals surface area contributed by atoms with E-state index < -0.39 is 16.0 Å². The maximum atomic E-state index is 12.0. The molecule has 1 aliphatic heterocycles. The number of ether oxygens (including phenoxy) is 2. The summed E-state index contributed by atoms with van der Waals surface area (Å²) in [7, 11) is 0. The molecule has 6 rings (SSSR count). The van der Waals surface area contributed by atoms with Gasteiger partial charge in [0, 0.05) is 23.8 Å². The lowest BCUT2D eigenvalue weighted by atomic mass is 9.91. The second-order valence-electron chi connectivity index (χ2n) is 11.1. The number of nitrogens with one attached hydrogen (secondary N) is 1. The molecule has 4 atom stereocenters. The fourth-order valence-corrected chi connectivity index (χ4v) is 7.84. The second-order valence-corrected chi connectivity index (χ2v) is 15.7. The van der Waals surface area contributed by atoms with Crippen molar-refractivity contribution in [3.05, 3.63) is 119 Å². The summed E-state index contributed by atoms with van der Waals surface area (Å²) >= 11 is 20.5. The fraction of sp³-hybridized carbons (Fsp3) is 0.257. The third-order valence-electron chi connectivity index (χ3n) is 7.90. The third-order valence-corrected chi connectivity index (χ3v) is 10.7. The first-order valence-corrected chi connectivity index (χ1v) is 17.6. The van der Waals surface area contributed by atoms with Gasteiger partial charge in [0.25, 0.3) is 9.70 Å². The number of fused-ring (bicyclic) bond motifs is 1. The summed E-state index contributed by atoms with van der Waals surface area (Å²) in [6.07, 6.45) is -0.945. The van der Waals surface area contributed by atoms with E-state index in [-0.39, 0.29) is 31.3 Å². The summed E-state index contributed by atoms with van der Waals surface area (Å²) in [5.74, 6) is 0.0938. The van der Waals surface area contributed by atoms with Crippen LogP contribution in [0, 0.1) is 5.92 Å². The van der Waals surface area contributed by atoms with Crippen LogP contribution in [0.4, 0.5) is 0 Å². The summed E-state index contributed by atoms with van der Waals surface area (Å²) < 4.78 is 13.5. The van der Waals surface area contributed by atoms with Crippen molar-refractivity contribution >= 4 is 74.0 Å². The number of rotatable bonds is 9. The lowest BCUT2D eigenvalue weighted by Crippen LogP contribution is -2.38. The summed E-state index contributed by atoms with van der Waals surface area (Å²) in [6.45, 7) is 2.37. The monoisotopic (exact) mass is 712 g/mol. The minimum atomic E-state index is -2.02. The van der Waals surface area contributed by atoms with Gasteiger partial charge in [-0.15, -0.1) is 11.3 Å². The number of halogens is 3. The summed E-state index contributed by atoms with van der Waals surface area (Å²) in [5.41, 5.74) is 6.59. The molecule has 0 saturated carbocycles. The highest BCUT2D eigenvalue weighted by Gasteiger charge is 2.38. The third kappa shape index (κ3) is 7.89. The highest BCUT2D eigenvalue weighted by atomic mass is 35.6. The molecule has 238 valence electrons. The highest BCUT2D eigenvalue weighted by molar-refractivity contribution is 8.01. The molecule has 6 nitrogen and oxygen atoms in total. The van der Waals surface area contributed by atoms with Gasteiger partial charge in [-0.3, -0.25) is 4.79 Å². The second kappa shape index (κ2) is 14.6. The van der Waals surface area contributed by atoms with Gasteiger partial charge in [-0.2, -0.15) is 0 Å². The van der Waals surface area contributed by atoms with Crippen LogP contribution in [-0.4, -0.2) is 31.6 Å². The van der Waals surface area contributed by atoms with Crippen LogP contribution in [0.2, 0.25) is 0 Å². The Kier molecular flexibility index (Phi) is 10.6. The smallest absolute Gasteiger partial charge is 0.272 e. The van der Waals surface area contributed by atoms with Crippen molar-refractivity contribution in [2.75, 3.05) is 5.75 Å². The van der Waals surface area contributed by atoms with E-state index in [0.29, 0.717) is 5.75 Å². The zero-order chi connectivity index (χ0) is 32.3. The van der Waals surface area contributed by atoms with Crippen LogP contribution in [0.15, 0.2) is 101 Å². The summed E-state index contributed by atoms with van der Waals surface area (Å²) in [4.78, 5) is 16.9. The Morgan fingerprint density at radius 1 is 0.913 bits per heavy atom. The van der Waals surface area contributed by atoms with E-state index in [1.165, 1.54) is 4.70 Å². The molecular weight excluding hydrogens is 683 g/mol. The maximum absolute atomic E-state index is 12.0. The molecule has 1 amide bonds. The van der Waals surface area contributed by atoms with Gasteiger partial charge >= 0.3 is 0 Å². The van der Waals surface area contributed by atoms with Gasteiger partial charge in [0.05, 0.1) is 29.0 Å². The van der Waals surface area contributed by atoms with E-state index in [2.05, 4.69) is 24.4 Å². The normalized spacial score (nSPS) is 20.1. The average molecular weight is 714 g/mol. The molecule has 4 unspecified atom stereocenters. The number of aromatic nitrogens is 1. The molecule has 1 aromatic heterocycles. The zero-order valence-electron chi connectivity index (χ0n) is 24.7. The molecule has 2 N–H and O–H groups in total. The highest BCUT2D eigenvalue weighted by Crippen LogP contribution is 2.44. The molecule has 0 aliphatic carbocycles. The summed E-state index contributed by atoms with van der Waals surface area (Å²) in [5, 5.41) is 12.2. The van der Waals surface area contributed by atoms with E-state index >= 15 is 0 Å². The van der Waals surface area contributed by atoms with Crippen LogP contribution in [-0.2, 0) is 27.4 Å². The predicted molar refractivity (Wildman–Crippen MR) is 187 cm³/mol. The molecule has 1 fully saturated rings. The van der Waals surface area contributed by atoms with E-state index in [1.807, 2.05) is 84.9 Å². The minimum absolute atomic E-state index is 0.0121. The fourth-order valence-electron chi connectivity index (χ4n) is 5.38. The number of para-hydroxylation sites is 1. The van der Waals surface area contributed by atoms with Gasteiger partial charge in [0.2, 0.25) is 0 Å². The van der Waals surface area contributed by atoms with Crippen LogP contribution in [0.3, 0.4) is 0 Å². The van der Waals surface area contributed by atoms with Gasteiger partial charge in [-0.1, -0.05) is 126 Å². The van der Waals surface area contributed by atoms with Gasteiger partial charge in [-0.25, -0.2) is 4.98 Å². The molecule has 11 heteroatoms. The number of thioether (sulfide) groups is 1. The van der Waals surface area contributed by atoms with Crippen LogP contribution in [0.25, 0.3) is 21.3 Å². The molecule has 46 heavy (non-hydrogen) atoms. The van der Waals surface area contributed by atoms with E-state index in [1.54, 1.807) is 23.1 Å². The van der Waals surface area contributed by atoms with Crippen molar-refractivity contribution in [1.29, 1.82) is 0 Å². The van der Waals surface area contributed by atoms with Gasteiger partial charge in [-0.05, 0) is 52.1 Å². The van der Waals surface area contributed by atoms with Crippen molar-refractivity contribution in [1.82, 2.24) is 10.3 Å². The number of alkyl halides is 3. The number of hydrogen-bond acceptors (Lipinski definition) is 7. The Morgan fingerprint density at radius 2 is 1.65 bits per heavy atom. The molecule has 2 heterocycles. The Labute approximate surface area is 291 Å². The number of benzene rings is 4. The molecular formula is C35H31Cl3N2O4S2. The molecule has 1 saturated heterocycles. The van der Waals surface area contributed by atoms with Gasteiger partial charge in [0.1, 0.15) is 0 Å². The maximum Gasteiger partial charge on any atom is 0.272 e. The summed E-state index contributed by atoms with van der Waals surface area (Å²) in [6, 6.07) is 32.0. The zero-order valence-corrected chi connectivity index (χ0v) is 28.6. The quantitative estimate of drug-likeness (QED) is 0.117. The first kappa shape index (κ1) is 33.2. The Morgan fingerprint density at radius 3 is 2.39 bits per heavy atom. The van der Waals surface area contributed by atoms with Crippen molar-refractivity contribution in [3.8, 4) is 11.1 Å².